The van der Waals surface area contributed by atoms with Crippen LogP contribution in [0.2, 0.25) is 0 Å². The van der Waals surface area contributed by atoms with Gasteiger partial charge in [-0.3, -0.25) is 9.48 Å². The predicted molar refractivity (Wildman–Crippen MR) is 143 cm³/mol. The van der Waals surface area contributed by atoms with E-state index in [2.05, 4.69) is 25.0 Å². The van der Waals surface area contributed by atoms with Crippen LogP contribution >= 0.6 is 0 Å². The second kappa shape index (κ2) is 20.7. The fourth-order valence-electron chi connectivity index (χ4n) is 4.14. The van der Waals surface area contributed by atoms with E-state index in [4.69, 9.17) is 8.42 Å². The number of benzene rings is 1. The van der Waals surface area contributed by atoms with Gasteiger partial charge in [0.2, 0.25) is 5.91 Å². The molecule has 2 atom stereocenters. The predicted octanol–water partition coefficient (Wildman–Crippen LogP) is 4.02. The summed E-state index contributed by atoms with van der Waals surface area (Å²) in [5, 5.41) is 4.08. The maximum atomic E-state index is 13.9. The zero-order valence-corrected chi connectivity index (χ0v) is 29.9. The number of hydrogen-bond acceptors (Lipinski definition) is 5. The Hall–Kier alpha value is -0.261. The number of rotatable bonds is 4. The Balaban J connectivity index is 0. The number of carbonyl (C=O) groups is 1. The number of aryl methyl sites for hydroxylation is 1. The number of halogens is 4. The summed E-state index contributed by atoms with van der Waals surface area (Å²) in [7, 11) is -1.86. The Morgan fingerprint density at radius 1 is 1.12 bits per heavy atom. The molecule has 1 aromatic heterocycles. The number of carbonyl (C=O) groups excluding carboxylic acids is 1. The second-order valence-electron chi connectivity index (χ2n) is 9.52. The van der Waals surface area contributed by atoms with Crippen LogP contribution in [0.1, 0.15) is 87.3 Å². The van der Waals surface area contributed by atoms with Gasteiger partial charge in [0.15, 0.2) is 0 Å². The van der Waals surface area contributed by atoms with E-state index in [1.54, 1.807) is 6.92 Å². The molecule has 0 bridgehead atoms. The molecular weight excluding hydrogens is 625 g/mol. The molecule has 2 heterocycles. The van der Waals surface area contributed by atoms with Crippen LogP contribution in [-0.2, 0) is 54.0 Å². The maximum absolute atomic E-state index is 13.9. The van der Waals surface area contributed by atoms with Crippen LogP contribution in [-0.4, -0.2) is 33.4 Å². The molecule has 0 unspecified atom stereocenters. The van der Waals surface area contributed by atoms with E-state index < -0.39 is 46.9 Å². The number of hydrogen-bond donors (Lipinski definition) is 0. The normalized spacial score (nSPS) is 17.5. The third-order valence-corrected chi connectivity index (χ3v) is 5.70. The molecule has 41 heavy (non-hydrogen) atoms. The minimum atomic E-state index is -4.58. The molecule has 4 rings (SSSR count). The molecular formula is C28H39CrF4KN3O3S-3. The smallest absolute Gasteiger partial charge is 0.424 e. The fourth-order valence-corrected chi connectivity index (χ4v) is 4.14. The van der Waals surface area contributed by atoms with Crippen molar-refractivity contribution in [3.63, 3.8) is 0 Å². The quantitative estimate of drug-likeness (QED) is 0.214. The van der Waals surface area contributed by atoms with E-state index in [0.29, 0.717) is 29.8 Å². The van der Waals surface area contributed by atoms with Crippen molar-refractivity contribution < 1.29 is 99.5 Å². The van der Waals surface area contributed by atoms with Crippen LogP contribution in [0, 0.1) is 38.6 Å². The van der Waals surface area contributed by atoms with Crippen LogP contribution in [0.5, 0.6) is 0 Å². The van der Waals surface area contributed by atoms with Gasteiger partial charge >= 0.3 is 57.6 Å². The molecule has 6 nitrogen and oxygen atoms in total. The molecule has 0 N–H and O–H groups in total. The first-order valence-corrected chi connectivity index (χ1v) is 14.4. The molecule has 1 saturated carbocycles. The number of aromatic nitrogens is 2. The summed E-state index contributed by atoms with van der Waals surface area (Å²) in [6.07, 6.45) is 0.843. The second-order valence-corrected chi connectivity index (χ2v) is 10.3. The molecule has 1 saturated heterocycles. The van der Waals surface area contributed by atoms with E-state index in [1.165, 1.54) is 17.0 Å². The Kier molecular flexibility index (Phi) is 21.6. The van der Waals surface area contributed by atoms with Crippen LogP contribution in [0.3, 0.4) is 0 Å². The topological polar surface area (TPSA) is 72.3 Å². The first-order valence-electron chi connectivity index (χ1n) is 12.9. The van der Waals surface area contributed by atoms with Gasteiger partial charge in [0.05, 0.1) is 5.69 Å². The van der Waals surface area contributed by atoms with Gasteiger partial charge in [-0.05, 0) is 31.2 Å². The summed E-state index contributed by atoms with van der Waals surface area (Å²) >= 11 is 0. The van der Waals surface area contributed by atoms with E-state index >= 15 is 0 Å². The molecule has 1 amide bonds. The van der Waals surface area contributed by atoms with Gasteiger partial charge in [0.25, 0.3) is 0 Å². The zero-order chi connectivity index (χ0) is 29.9. The third-order valence-electron chi connectivity index (χ3n) is 5.70. The summed E-state index contributed by atoms with van der Waals surface area (Å²) in [5.74, 6) is -0.760. The van der Waals surface area contributed by atoms with Gasteiger partial charge in [-0.1, -0.05) is 44.7 Å². The molecule has 2 aliphatic rings. The summed E-state index contributed by atoms with van der Waals surface area (Å²) in [4.78, 5) is 14.5. The average molecular weight is 665 g/mol. The van der Waals surface area contributed by atoms with Crippen LogP contribution in [0.15, 0.2) is 18.2 Å². The van der Waals surface area contributed by atoms with Gasteiger partial charge in [-0.15, -0.1) is 17.7 Å². The first-order chi connectivity index (χ1) is 18.2. The van der Waals surface area contributed by atoms with Crippen molar-refractivity contribution in [2.45, 2.75) is 84.5 Å². The summed E-state index contributed by atoms with van der Waals surface area (Å²) in [6.45, 7) is 14.6. The molecule has 1 aliphatic carbocycles. The van der Waals surface area contributed by atoms with Crippen LogP contribution < -0.4 is 51.4 Å². The van der Waals surface area contributed by atoms with Gasteiger partial charge in [-0.2, -0.15) is 42.7 Å². The summed E-state index contributed by atoms with van der Waals surface area (Å²) < 4.78 is 73.0. The summed E-state index contributed by atoms with van der Waals surface area (Å²) in [6, 6.07) is 6.44. The standard InChI is InChI=1S/C21H22F4N3O.2C3H7.CH3O2S.Cr.K/c1-12-7-15(9-16(22)8-12)20-13(2)5-6-27(20)19(29)11-28-18(21(23,24)25)10-17(26-28)14-3-4-14;2*1-3-2;1-4(2)3;;/h8-10,13-14,20H,3-6,11H2,1-2H3;2*1,3H2,2H3;1H3;;/q4*-1;;+1/t13-,20+;;;;;/m1...../s1. The van der Waals surface area contributed by atoms with E-state index in [9.17, 15) is 22.4 Å². The fraction of sp³-hybridized carbons (Fsp3) is 0.571. The van der Waals surface area contributed by atoms with Crippen molar-refractivity contribution in [2.24, 2.45) is 5.92 Å². The molecule has 2 fully saturated rings. The zero-order valence-electron chi connectivity index (χ0n) is 24.7. The largest absolute Gasteiger partial charge is 1.00 e. The number of likely N-dealkylation sites (tertiary alicyclic amines) is 1. The van der Waals surface area contributed by atoms with Crippen LogP contribution in [0.25, 0.3) is 0 Å². The Bertz CT molecular complexity index is 1110. The molecule has 0 radical (unpaired) electrons. The molecule has 2 aromatic rings. The van der Waals surface area contributed by atoms with Crippen molar-refractivity contribution in [3.8, 4) is 0 Å². The third kappa shape index (κ3) is 14.8. The number of alkyl halides is 3. The van der Waals surface area contributed by atoms with Crippen molar-refractivity contribution in [2.75, 3.05) is 12.8 Å². The summed E-state index contributed by atoms with van der Waals surface area (Å²) in [5.41, 5.74) is 0.665. The van der Waals surface area contributed by atoms with Gasteiger partial charge < -0.3 is 27.2 Å². The molecule has 1 aliphatic heterocycles. The van der Waals surface area contributed by atoms with Crippen molar-refractivity contribution in [1.82, 2.24) is 14.7 Å². The number of amides is 1. The Morgan fingerprint density at radius 3 is 2.07 bits per heavy atom. The molecule has 228 valence electrons. The van der Waals surface area contributed by atoms with E-state index in [0.717, 1.165) is 42.7 Å². The molecule has 0 spiro atoms. The Labute approximate surface area is 297 Å². The van der Waals surface area contributed by atoms with Crippen molar-refractivity contribution in [3.05, 3.63) is 66.4 Å². The van der Waals surface area contributed by atoms with Gasteiger partial charge in [0, 0.05) is 41.7 Å². The van der Waals surface area contributed by atoms with E-state index in [1.807, 2.05) is 20.8 Å². The minimum absolute atomic E-state index is 0. The Morgan fingerprint density at radius 2 is 1.63 bits per heavy atom. The first kappa shape index (κ1) is 42.9. The molecule has 1 aromatic carbocycles. The van der Waals surface area contributed by atoms with Crippen molar-refractivity contribution in [1.29, 1.82) is 0 Å². The van der Waals surface area contributed by atoms with Crippen molar-refractivity contribution >= 4 is 16.6 Å². The minimum Gasteiger partial charge on any atom is -0.424 e. The monoisotopic (exact) mass is 664 g/mol. The van der Waals surface area contributed by atoms with Gasteiger partial charge in [0.1, 0.15) is 12.2 Å². The SMILES string of the molecule is C[S-](=O)=O.Cc1[c-]c([C@@H]2[C@H](C)CCN2C(=O)Cn2nc(C3CC3)cc2C(F)(F)F)cc(F)c1.[CH2-]CC.[CH2-]CC.[Cr].[K+]. The molecule has 13 heteroatoms. The van der Waals surface area contributed by atoms with Crippen LogP contribution in [0.4, 0.5) is 17.6 Å². The maximum Gasteiger partial charge on any atom is 1.00 e. The van der Waals surface area contributed by atoms with Gasteiger partial charge in [-0.25, -0.2) is 4.39 Å². The van der Waals surface area contributed by atoms with E-state index in [-0.39, 0.29) is 80.6 Å². The average Bonchev–Trinajstić information content (AvgIpc) is 3.43. The number of nitrogens with zero attached hydrogens (tertiary/aromatic N) is 3.